The largest absolute Gasteiger partial charge is 0.406 e. The Kier molecular flexibility index (Phi) is 3.43. The van der Waals surface area contributed by atoms with Crippen LogP contribution in [0.15, 0.2) is 53.4 Å². The Morgan fingerprint density at radius 2 is 1.71 bits per heavy atom. The molecule has 0 radical (unpaired) electrons. The highest BCUT2D eigenvalue weighted by Crippen LogP contribution is 2.61. The van der Waals surface area contributed by atoms with E-state index in [-0.39, 0.29) is 11.4 Å². The molecule has 0 unspecified atom stereocenters. The normalized spacial score (nSPS) is 34.7. The van der Waals surface area contributed by atoms with Crippen molar-refractivity contribution in [3.05, 3.63) is 54.0 Å². The van der Waals surface area contributed by atoms with Gasteiger partial charge in [-0.15, -0.1) is 0 Å². The summed E-state index contributed by atoms with van der Waals surface area (Å²) < 4.78 is 7.54. The summed E-state index contributed by atoms with van der Waals surface area (Å²) in [5.41, 5.74) is 2.25. The van der Waals surface area contributed by atoms with Crippen LogP contribution in [0, 0.1) is 23.2 Å². The van der Waals surface area contributed by atoms with Crippen LogP contribution in [0.1, 0.15) is 44.1 Å². The first-order valence-corrected chi connectivity index (χ1v) is 10.3. The number of hydrogen-bond acceptors (Lipinski definition) is 4. The van der Waals surface area contributed by atoms with Crippen molar-refractivity contribution in [3.63, 3.8) is 0 Å². The highest BCUT2D eigenvalue weighted by atomic mass is 16.6. The fourth-order valence-electron chi connectivity index (χ4n) is 6.30. The van der Waals surface area contributed by atoms with E-state index in [1.165, 1.54) is 19.3 Å². The van der Waals surface area contributed by atoms with Crippen LogP contribution < -0.4 is 0 Å². The second-order valence-corrected chi connectivity index (χ2v) is 9.09. The third-order valence-electron chi connectivity index (χ3n) is 7.04. The molecule has 0 spiro atoms. The third kappa shape index (κ3) is 2.56. The van der Waals surface area contributed by atoms with E-state index in [1.807, 2.05) is 36.5 Å². The summed E-state index contributed by atoms with van der Waals surface area (Å²) in [6.45, 7) is 0. The zero-order chi connectivity index (χ0) is 18.7. The third-order valence-corrected chi connectivity index (χ3v) is 7.04. The molecule has 1 aromatic heterocycles. The van der Waals surface area contributed by atoms with Gasteiger partial charge in [0, 0.05) is 17.2 Å². The summed E-state index contributed by atoms with van der Waals surface area (Å²) in [6.07, 6.45) is 13.0. The smallest absolute Gasteiger partial charge is 0.363 e. The summed E-state index contributed by atoms with van der Waals surface area (Å²) in [7, 11) is 0. The number of carbonyl (C=O) groups excluding carboxylic acids is 1. The molecule has 4 aliphatic carbocycles. The predicted octanol–water partition coefficient (Wildman–Crippen LogP) is 4.38. The zero-order valence-corrected chi connectivity index (χ0v) is 15.8. The summed E-state index contributed by atoms with van der Waals surface area (Å²) >= 11 is 0. The molecule has 4 bridgehead atoms. The number of aliphatic imine (C=N–C) groups is 1. The Labute approximate surface area is 164 Å². The molecule has 0 atom stereocenters. The maximum absolute atomic E-state index is 12.5. The first-order chi connectivity index (χ1) is 13.7. The van der Waals surface area contributed by atoms with Crippen molar-refractivity contribution in [2.24, 2.45) is 28.2 Å². The van der Waals surface area contributed by atoms with Crippen molar-refractivity contribution in [1.82, 2.24) is 9.78 Å². The zero-order valence-electron chi connectivity index (χ0n) is 15.8. The van der Waals surface area contributed by atoms with Crippen LogP contribution in [-0.2, 0) is 9.53 Å². The number of nitrogens with zero attached hydrogens (tertiary/aromatic N) is 3. The highest BCUT2D eigenvalue weighted by molar-refractivity contribution is 6.08. The monoisotopic (exact) mass is 373 g/mol. The topological polar surface area (TPSA) is 56.5 Å². The lowest BCUT2D eigenvalue weighted by atomic mass is 9.49. The van der Waals surface area contributed by atoms with Crippen LogP contribution in [0.3, 0.4) is 0 Å². The van der Waals surface area contributed by atoms with Gasteiger partial charge in [-0.05, 0) is 74.5 Å². The number of aromatic nitrogens is 2. The number of hydrogen-bond donors (Lipinski definition) is 0. The summed E-state index contributed by atoms with van der Waals surface area (Å²) in [4.78, 5) is 17.2. The molecule has 142 valence electrons. The summed E-state index contributed by atoms with van der Waals surface area (Å²) in [6, 6.07) is 9.93. The molecule has 0 N–H and O–H groups in total. The fraction of sp³-hybridized carbons (Fsp3) is 0.435. The lowest BCUT2D eigenvalue weighted by Gasteiger charge is -2.55. The number of cyclic esters (lactones) is 1. The predicted molar refractivity (Wildman–Crippen MR) is 106 cm³/mol. The quantitative estimate of drug-likeness (QED) is 0.592. The second-order valence-electron chi connectivity index (χ2n) is 9.09. The van der Waals surface area contributed by atoms with Gasteiger partial charge in [-0.25, -0.2) is 14.5 Å². The van der Waals surface area contributed by atoms with Gasteiger partial charge in [0.15, 0.2) is 5.70 Å². The molecular formula is C23H23N3O2. The molecule has 1 aliphatic heterocycles. The molecule has 28 heavy (non-hydrogen) atoms. The molecule has 0 saturated heterocycles. The van der Waals surface area contributed by atoms with Gasteiger partial charge in [0.1, 0.15) is 0 Å². The van der Waals surface area contributed by atoms with Crippen molar-refractivity contribution in [2.75, 3.05) is 0 Å². The van der Waals surface area contributed by atoms with Crippen molar-refractivity contribution in [3.8, 4) is 5.69 Å². The molecular weight excluding hydrogens is 350 g/mol. The molecule has 4 saturated carbocycles. The molecule has 4 fully saturated rings. The van der Waals surface area contributed by atoms with E-state index in [1.54, 1.807) is 17.0 Å². The molecule has 5 nitrogen and oxygen atoms in total. The molecule has 2 heterocycles. The van der Waals surface area contributed by atoms with Gasteiger partial charge in [-0.1, -0.05) is 18.2 Å². The summed E-state index contributed by atoms with van der Waals surface area (Å²) in [5, 5.41) is 4.40. The van der Waals surface area contributed by atoms with Crippen molar-refractivity contribution in [2.45, 2.75) is 38.5 Å². The van der Waals surface area contributed by atoms with Gasteiger partial charge in [-0.2, -0.15) is 5.10 Å². The van der Waals surface area contributed by atoms with Crippen LogP contribution in [0.2, 0.25) is 0 Å². The van der Waals surface area contributed by atoms with E-state index in [0.29, 0.717) is 11.6 Å². The van der Waals surface area contributed by atoms with Gasteiger partial charge < -0.3 is 4.74 Å². The Balaban J connectivity index is 1.30. The number of rotatable bonds is 3. The molecule has 0 amide bonds. The standard InChI is InChI=1S/C23H23N3O2/c27-21-20(9-18-13-24-26(14-18)19-4-2-1-3-5-19)25-22(28-21)23-10-15-6-16(11-23)8-17(7-15)12-23/h1-5,9,13-17H,6-8,10-12H2/b20-9-. The number of benzene rings is 1. The SMILES string of the molecule is O=C1OC(C23CC4CC(CC(C4)C2)C3)=N/C1=C\c1cnn(-c2ccccc2)c1. The van der Waals surface area contributed by atoms with Crippen molar-refractivity contribution >= 4 is 17.9 Å². The minimum Gasteiger partial charge on any atom is -0.406 e. The minimum atomic E-state index is -0.321. The van der Waals surface area contributed by atoms with E-state index < -0.39 is 0 Å². The Morgan fingerprint density at radius 1 is 1.04 bits per heavy atom. The summed E-state index contributed by atoms with van der Waals surface area (Å²) in [5.74, 6) is 2.76. The van der Waals surface area contributed by atoms with Crippen LogP contribution in [0.4, 0.5) is 0 Å². The van der Waals surface area contributed by atoms with E-state index in [4.69, 9.17) is 9.73 Å². The number of para-hydroxylation sites is 1. The van der Waals surface area contributed by atoms with Crippen molar-refractivity contribution < 1.29 is 9.53 Å². The maximum Gasteiger partial charge on any atom is 0.363 e. The number of carbonyl (C=O) groups is 1. The van der Waals surface area contributed by atoms with Crippen molar-refractivity contribution in [1.29, 1.82) is 0 Å². The molecule has 5 heteroatoms. The van der Waals surface area contributed by atoms with E-state index >= 15 is 0 Å². The fourth-order valence-corrected chi connectivity index (χ4v) is 6.30. The van der Waals surface area contributed by atoms with E-state index in [2.05, 4.69) is 5.10 Å². The highest BCUT2D eigenvalue weighted by Gasteiger charge is 2.55. The van der Waals surface area contributed by atoms with Crippen LogP contribution in [0.5, 0.6) is 0 Å². The lowest BCUT2D eigenvalue weighted by molar-refractivity contribution is -0.131. The molecule has 1 aromatic carbocycles. The first kappa shape index (κ1) is 16.3. The van der Waals surface area contributed by atoms with Crippen LogP contribution in [0.25, 0.3) is 11.8 Å². The number of esters is 1. The van der Waals surface area contributed by atoms with Gasteiger partial charge >= 0.3 is 5.97 Å². The molecule has 5 aliphatic rings. The van der Waals surface area contributed by atoms with Gasteiger partial charge in [-0.3, -0.25) is 0 Å². The van der Waals surface area contributed by atoms with Gasteiger partial charge in [0.05, 0.1) is 11.9 Å². The minimum absolute atomic E-state index is 0.00815. The van der Waals surface area contributed by atoms with Crippen LogP contribution in [-0.4, -0.2) is 21.6 Å². The van der Waals surface area contributed by atoms with Gasteiger partial charge in [0.25, 0.3) is 0 Å². The molecule has 7 rings (SSSR count). The second kappa shape index (κ2) is 5.90. The van der Waals surface area contributed by atoms with E-state index in [0.717, 1.165) is 48.3 Å². The Bertz CT molecular complexity index is 967. The average Bonchev–Trinajstić information content (AvgIpc) is 3.29. The average molecular weight is 373 g/mol. The van der Waals surface area contributed by atoms with Crippen LogP contribution >= 0.6 is 0 Å². The Hall–Kier alpha value is -2.69. The van der Waals surface area contributed by atoms with E-state index in [9.17, 15) is 4.79 Å². The molecule has 2 aromatic rings. The number of ether oxygens (including phenoxy) is 1. The first-order valence-electron chi connectivity index (χ1n) is 10.3. The Morgan fingerprint density at radius 3 is 2.39 bits per heavy atom. The lowest BCUT2D eigenvalue weighted by Crippen LogP contribution is -2.50. The maximum atomic E-state index is 12.5. The van der Waals surface area contributed by atoms with Gasteiger partial charge in [0.2, 0.25) is 5.90 Å².